The van der Waals surface area contributed by atoms with Crippen molar-refractivity contribution in [2.24, 2.45) is 0 Å². The quantitative estimate of drug-likeness (QED) is 0.378. The molecule has 0 radical (unpaired) electrons. The summed E-state index contributed by atoms with van der Waals surface area (Å²) in [5, 5.41) is 5.29. The second-order valence-corrected chi connectivity index (χ2v) is 7.57. The van der Waals surface area contributed by atoms with Gasteiger partial charge in [0.1, 0.15) is 5.82 Å². The number of ether oxygens (including phenoxy) is 2. The summed E-state index contributed by atoms with van der Waals surface area (Å²) in [6.07, 6.45) is -1.30. The molecule has 3 aromatic carbocycles. The summed E-state index contributed by atoms with van der Waals surface area (Å²) < 4.78 is 23.4. The van der Waals surface area contributed by atoms with Gasteiger partial charge in [-0.2, -0.15) is 0 Å². The highest BCUT2D eigenvalue weighted by atomic mass is 19.1. The molecule has 0 aliphatic carbocycles. The van der Waals surface area contributed by atoms with Gasteiger partial charge in [0.2, 0.25) is 0 Å². The lowest BCUT2D eigenvalue weighted by molar-refractivity contribution is 0.166. The minimum atomic E-state index is -0.657. The molecule has 0 bridgehead atoms. The highest BCUT2D eigenvalue weighted by Crippen LogP contribution is 2.29. The highest BCUT2D eigenvalue weighted by Gasteiger charge is 2.15. The summed E-state index contributed by atoms with van der Waals surface area (Å²) in [6.45, 7) is 4.59. The molecule has 0 aromatic heterocycles. The van der Waals surface area contributed by atoms with Crippen LogP contribution in [-0.4, -0.2) is 31.9 Å². The van der Waals surface area contributed by atoms with E-state index in [0.29, 0.717) is 24.5 Å². The van der Waals surface area contributed by atoms with Crippen LogP contribution in [0.1, 0.15) is 25.0 Å². The van der Waals surface area contributed by atoms with E-state index < -0.39 is 12.2 Å². The smallest absolute Gasteiger partial charge is 0.411 e. The summed E-state index contributed by atoms with van der Waals surface area (Å²) in [4.78, 5) is 26.1. The van der Waals surface area contributed by atoms with Gasteiger partial charge in [0.25, 0.3) is 0 Å². The van der Waals surface area contributed by atoms with Gasteiger partial charge in [-0.3, -0.25) is 10.6 Å². The van der Waals surface area contributed by atoms with Crippen molar-refractivity contribution in [1.29, 1.82) is 0 Å². The number of carbonyl (C=O) groups excluding carboxylic acids is 2. The molecule has 2 amide bonds. The van der Waals surface area contributed by atoms with Gasteiger partial charge in [-0.1, -0.05) is 42.2 Å². The van der Waals surface area contributed by atoms with Gasteiger partial charge in [-0.15, -0.1) is 0 Å². The molecular weight excluding hydrogens is 461 g/mol. The Labute approximate surface area is 210 Å². The first-order valence-corrected chi connectivity index (χ1v) is 11.5. The average Bonchev–Trinajstić information content (AvgIpc) is 2.87. The first-order valence-electron chi connectivity index (χ1n) is 11.5. The van der Waals surface area contributed by atoms with E-state index in [-0.39, 0.29) is 19.0 Å². The molecule has 0 saturated carbocycles. The van der Waals surface area contributed by atoms with Crippen LogP contribution < -0.4 is 15.5 Å². The van der Waals surface area contributed by atoms with Gasteiger partial charge < -0.3 is 14.4 Å². The minimum Gasteiger partial charge on any atom is -0.450 e. The van der Waals surface area contributed by atoms with Gasteiger partial charge >= 0.3 is 12.2 Å². The Kier molecular flexibility index (Phi) is 9.71. The zero-order valence-corrected chi connectivity index (χ0v) is 20.2. The summed E-state index contributed by atoms with van der Waals surface area (Å²) in [5.41, 5.74) is 3.17. The van der Waals surface area contributed by atoms with E-state index in [1.165, 1.54) is 12.1 Å². The molecule has 0 saturated heterocycles. The van der Waals surface area contributed by atoms with Crippen LogP contribution in [0, 0.1) is 17.7 Å². The van der Waals surface area contributed by atoms with Crippen LogP contribution in [0.25, 0.3) is 0 Å². The first-order chi connectivity index (χ1) is 17.5. The summed E-state index contributed by atoms with van der Waals surface area (Å²) in [6, 6.07) is 21.0. The number of carbonyl (C=O) groups is 2. The number of amides is 2. The Hall–Kier alpha value is -4.51. The molecule has 0 atom stereocenters. The van der Waals surface area contributed by atoms with Crippen LogP contribution in [0.15, 0.2) is 72.8 Å². The van der Waals surface area contributed by atoms with E-state index in [2.05, 4.69) is 22.5 Å². The zero-order valence-electron chi connectivity index (χ0n) is 20.2. The third-order valence-electron chi connectivity index (χ3n) is 4.96. The fourth-order valence-electron chi connectivity index (χ4n) is 3.30. The summed E-state index contributed by atoms with van der Waals surface area (Å²) in [5.74, 6) is 6.00. The number of nitrogens with one attached hydrogen (secondary N) is 2. The average molecular weight is 490 g/mol. The van der Waals surface area contributed by atoms with Crippen molar-refractivity contribution < 1.29 is 23.5 Å². The number of anilines is 3. The van der Waals surface area contributed by atoms with E-state index in [1.807, 2.05) is 35.2 Å². The highest BCUT2D eigenvalue weighted by molar-refractivity contribution is 5.96. The predicted molar refractivity (Wildman–Crippen MR) is 139 cm³/mol. The molecule has 8 heteroatoms. The molecule has 2 N–H and O–H groups in total. The Morgan fingerprint density at radius 1 is 0.861 bits per heavy atom. The largest absolute Gasteiger partial charge is 0.450 e. The second-order valence-electron chi connectivity index (χ2n) is 7.57. The Morgan fingerprint density at radius 3 is 2.14 bits per heavy atom. The van der Waals surface area contributed by atoms with E-state index in [1.54, 1.807) is 44.2 Å². The van der Waals surface area contributed by atoms with Crippen molar-refractivity contribution in [3.05, 3.63) is 89.7 Å². The second kappa shape index (κ2) is 13.4. The summed E-state index contributed by atoms with van der Waals surface area (Å²) in [7, 11) is 0. The van der Waals surface area contributed by atoms with Crippen LogP contribution in [0.5, 0.6) is 0 Å². The summed E-state index contributed by atoms with van der Waals surface area (Å²) >= 11 is 0. The Balaban J connectivity index is 1.93. The molecule has 0 spiro atoms. The SMILES string of the molecule is CCOC(=O)Nc1ccc(N(CC#Cc2ccccc2)Cc2ccc(F)cc2)cc1NC(=O)OCC. The Morgan fingerprint density at radius 2 is 1.50 bits per heavy atom. The van der Waals surface area contributed by atoms with E-state index in [9.17, 15) is 14.0 Å². The molecule has 3 aromatic rings. The molecular formula is C28H28FN3O4. The van der Waals surface area contributed by atoms with Crippen LogP contribution in [0.2, 0.25) is 0 Å². The number of benzene rings is 3. The Bertz CT molecular complexity index is 1220. The topological polar surface area (TPSA) is 79.9 Å². The number of hydrogen-bond donors (Lipinski definition) is 2. The van der Waals surface area contributed by atoms with Crippen molar-refractivity contribution in [1.82, 2.24) is 0 Å². The first kappa shape index (κ1) is 26.1. The fourth-order valence-corrected chi connectivity index (χ4v) is 3.30. The van der Waals surface area contributed by atoms with Crippen LogP contribution >= 0.6 is 0 Å². The molecule has 0 unspecified atom stereocenters. The van der Waals surface area contributed by atoms with Crippen LogP contribution in [0.3, 0.4) is 0 Å². The van der Waals surface area contributed by atoms with E-state index >= 15 is 0 Å². The standard InChI is InChI=1S/C28H28FN3O4/c1-3-35-27(33)30-25-17-16-24(19-26(25)31-28(34)36-4-2)32(20-22-12-14-23(29)15-13-22)18-8-11-21-9-6-5-7-10-21/h5-7,9-10,12-17,19H,3-4,18,20H2,1-2H3,(H,30,33)(H,31,34). The van der Waals surface area contributed by atoms with Crippen molar-refractivity contribution in [2.75, 3.05) is 35.3 Å². The van der Waals surface area contributed by atoms with Crippen molar-refractivity contribution in [3.8, 4) is 11.8 Å². The van der Waals surface area contributed by atoms with Gasteiger partial charge in [0.05, 0.1) is 31.1 Å². The number of hydrogen-bond acceptors (Lipinski definition) is 5. The zero-order chi connectivity index (χ0) is 25.8. The molecule has 0 aliphatic heterocycles. The van der Waals surface area contributed by atoms with Crippen LogP contribution in [-0.2, 0) is 16.0 Å². The maximum Gasteiger partial charge on any atom is 0.411 e. The molecule has 186 valence electrons. The van der Waals surface area contributed by atoms with E-state index in [4.69, 9.17) is 9.47 Å². The third kappa shape index (κ3) is 8.06. The van der Waals surface area contributed by atoms with Crippen molar-refractivity contribution >= 4 is 29.2 Å². The normalized spacial score (nSPS) is 9.97. The number of rotatable bonds is 8. The van der Waals surface area contributed by atoms with Crippen molar-refractivity contribution in [3.63, 3.8) is 0 Å². The maximum absolute atomic E-state index is 13.4. The van der Waals surface area contributed by atoms with Crippen LogP contribution in [0.4, 0.5) is 31.0 Å². The van der Waals surface area contributed by atoms with Gasteiger partial charge in [-0.25, -0.2) is 14.0 Å². The van der Waals surface area contributed by atoms with Gasteiger partial charge in [-0.05, 0) is 61.9 Å². The molecule has 7 nitrogen and oxygen atoms in total. The van der Waals surface area contributed by atoms with E-state index in [0.717, 1.165) is 16.8 Å². The van der Waals surface area contributed by atoms with Gasteiger partial charge in [0, 0.05) is 17.8 Å². The lowest BCUT2D eigenvalue weighted by Crippen LogP contribution is -2.24. The predicted octanol–water partition coefficient (Wildman–Crippen LogP) is 6.02. The molecule has 3 rings (SSSR count). The number of halogens is 1. The molecule has 0 heterocycles. The minimum absolute atomic E-state index is 0.192. The van der Waals surface area contributed by atoms with Crippen molar-refractivity contribution in [2.45, 2.75) is 20.4 Å². The van der Waals surface area contributed by atoms with Gasteiger partial charge in [0.15, 0.2) is 0 Å². The monoisotopic (exact) mass is 489 g/mol. The lowest BCUT2D eigenvalue weighted by Gasteiger charge is -2.24. The maximum atomic E-state index is 13.4. The molecule has 0 aliphatic rings. The molecule has 36 heavy (non-hydrogen) atoms. The number of nitrogens with zero attached hydrogens (tertiary/aromatic N) is 1. The third-order valence-corrected chi connectivity index (χ3v) is 4.96. The molecule has 0 fully saturated rings. The lowest BCUT2D eigenvalue weighted by atomic mass is 10.1. The fraction of sp³-hybridized carbons (Fsp3) is 0.214.